The Balaban J connectivity index is 1.76. The maximum absolute atomic E-state index is 14.3. The molecular formula is C33H37N3O4. The molecule has 4 rings (SSSR count). The molecule has 1 heterocycles. The minimum Gasteiger partial charge on any atom is -0.469 e. The summed E-state index contributed by atoms with van der Waals surface area (Å²) in [4.78, 5) is 46.5. The van der Waals surface area contributed by atoms with E-state index in [0.29, 0.717) is 49.1 Å². The van der Waals surface area contributed by atoms with Crippen LogP contribution in [0.4, 0.5) is 0 Å². The molecule has 1 amide bonds. The van der Waals surface area contributed by atoms with Crippen LogP contribution in [-0.4, -0.2) is 40.0 Å². The van der Waals surface area contributed by atoms with Gasteiger partial charge in [-0.15, -0.1) is 0 Å². The topological polar surface area (TPSA) is 81.5 Å². The van der Waals surface area contributed by atoms with Crippen molar-refractivity contribution in [3.05, 3.63) is 112 Å². The predicted molar refractivity (Wildman–Crippen MR) is 157 cm³/mol. The Morgan fingerprint density at radius 2 is 1.60 bits per heavy atom. The molecule has 0 radical (unpaired) electrons. The number of methoxy groups -OCH3 is 1. The van der Waals surface area contributed by atoms with Gasteiger partial charge in [-0.2, -0.15) is 0 Å². The average Bonchev–Trinajstić information content (AvgIpc) is 2.99. The van der Waals surface area contributed by atoms with Gasteiger partial charge in [0, 0.05) is 19.5 Å². The number of amides is 1. The summed E-state index contributed by atoms with van der Waals surface area (Å²) in [5, 5.41) is 0.509. The van der Waals surface area contributed by atoms with Crippen LogP contribution in [0.25, 0.3) is 10.9 Å². The number of carbonyl (C=O) groups is 2. The highest BCUT2D eigenvalue weighted by Crippen LogP contribution is 2.28. The second-order valence-corrected chi connectivity index (χ2v) is 9.94. The molecule has 0 bridgehead atoms. The number of benzene rings is 3. The molecule has 0 saturated carbocycles. The van der Waals surface area contributed by atoms with Crippen LogP contribution in [-0.2, 0) is 27.3 Å². The molecule has 7 heteroatoms. The van der Waals surface area contributed by atoms with Gasteiger partial charge in [-0.1, -0.05) is 79.7 Å². The number of rotatable bonds is 12. The van der Waals surface area contributed by atoms with E-state index in [9.17, 15) is 14.4 Å². The Labute approximate surface area is 235 Å². The number of nitrogens with zero attached hydrogens (tertiary/aromatic N) is 3. The van der Waals surface area contributed by atoms with E-state index in [0.717, 1.165) is 11.1 Å². The fourth-order valence-electron chi connectivity index (χ4n) is 5.17. The molecule has 4 aromatic rings. The standard InChI is InChI=1S/C33H37N3O4/c1-4-27(26-16-9-6-10-17-26)32(38)35(23-21-25-14-7-5-8-15-25)24(2)31-34-29-19-12-11-18-28(29)33(39)36(31)22-13-20-30(37)40-3/h5-12,14-19,24,27H,4,13,20-23H2,1-3H3. The predicted octanol–water partition coefficient (Wildman–Crippen LogP) is 5.68. The van der Waals surface area contributed by atoms with E-state index >= 15 is 0 Å². The molecule has 7 nitrogen and oxygen atoms in total. The summed E-state index contributed by atoms with van der Waals surface area (Å²) in [6.07, 6.45) is 1.93. The van der Waals surface area contributed by atoms with Gasteiger partial charge >= 0.3 is 5.97 Å². The van der Waals surface area contributed by atoms with Crippen LogP contribution >= 0.6 is 0 Å². The maximum atomic E-state index is 14.3. The lowest BCUT2D eigenvalue weighted by atomic mass is 9.94. The maximum Gasteiger partial charge on any atom is 0.305 e. The molecule has 2 atom stereocenters. The fraction of sp³-hybridized carbons (Fsp3) is 0.333. The van der Waals surface area contributed by atoms with Crippen molar-refractivity contribution in [3.8, 4) is 0 Å². The Morgan fingerprint density at radius 3 is 2.27 bits per heavy atom. The summed E-state index contributed by atoms with van der Waals surface area (Å²) in [5.41, 5.74) is 2.50. The molecule has 0 fully saturated rings. The van der Waals surface area contributed by atoms with Crippen molar-refractivity contribution in [3.63, 3.8) is 0 Å². The van der Waals surface area contributed by atoms with E-state index in [1.54, 1.807) is 10.6 Å². The van der Waals surface area contributed by atoms with Crippen LogP contribution in [0.5, 0.6) is 0 Å². The van der Waals surface area contributed by atoms with Gasteiger partial charge in [-0.05, 0) is 49.4 Å². The van der Waals surface area contributed by atoms with Crippen molar-refractivity contribution < 1.29 is 14.3 Å². The normalized spacial score (nSPS) is 12.6. The Bertz CT molecular complexity index is 1480. The molecule has 0 aliphatic heterocycles. The lowest BCUT2D eigenvalue weighted by molar-refractivity contribution is -0.140. The second kappa shape index (κ2) is 13.7. The van der Waals surface area contributed by atoms with Crippen LogP contribution in [0.2, 0.25) is 0 Å². The van der Waals surface area contributed by atoms with Crippen LogP contribution in [0.15, 0.2) is 89.7 Å². The van der Waals surface area contributed by atoms with Crippen molar-refractivity contribution in [2.24, 2.45) is 0 Å². The average molecular weight is 540 g/mol. The lowest BCUT2D eigenvalue weighted by Crippen LogP contribution is -2.41. The lowest BCUT2D eigenvalue weighted by Gasteiger charge is -2.33. The zero-order valence-corrected chi connectivity index (χ0v) is 23.5. The monoisotopic (exact) mass is 539 g/mol. The Kier molecular flexibility index (Phi) is 9.84. The second-order valence-electron chi connectivity index (χ2n) is 9.94. The van der Waals surface area contributed by atoms with Crippen molar-refractivity contribution in [1.29, 1.82) is 0 Å². The highest BCUT2D eigenvalue weighted by Gasteiger charge is 2.31. The number of esters is 1. The fourth-order valence-corrected chi connectivity index (χ4v) is 5.17. The van der Waals surface area contributed by atoms with Gasteiger partial charge < -0.3 is 9.64 Å². The first kappa shape index (κ1) is 28.7. The van der Waals surface area contributed by atoms with E-state index in [-0.39, 0.29) is 29.8 Å². The van der Waals surface area contributed by atoms with Gasteiger partial charge in [-0.25, -0.2) is 4.98 Å². The van der Waals surface area contributed by atoms with Crippen molar-refractivity contribution in [2.75, 3.05) is 13.7 Å². The molecule has 0 spiro atoms. The number of carbonyl (C=O) groups excluding carboxylic acids is 2. The zero-order chi connectivity index (χ0) is 28.5. The Hall–Kier alpha value is -4.26. The van der Waals surface area contributed by atoms with E-state index < -0.39 is 6.04 Å². The third-order valence-corrected chi connectivity index (χ3v) is 7.40. The van der Waals surface area contributed by atoms with E-state index in [1.807, 2.05) is 85.5 Å². The van der Waals surface area contributed by atoms with E-state index in [2.05, 4.69) is 12.1 Å². The molecular weight excluding hydrogens is 502 g/mol. The van der Waals surface area contributed by atoms with Gasteiger partial charge in [0.05, 0.1) is 30.0 Å². The molecule has 0 N–H and O–H groups in total. The van der Waals surface area contributed by atoms with Crippen molar-refractivity contribution in [2.45, 2.75) is 58.0 Å². The molecule has 2 unspecified atom stereocenters. The third kappa shape index (κ3) is 6.65. The summed E-state index contributed by atoms with van der Waals surface area (Å²) in [6.45, 7) is 4.72. The summed E-state index contributed by atoms with van der Waals surface area (Å²) in [5.74, 6) is -0.136. The smallest absolute Gasteiger partial charge is 0.305 e. The SMILES string of the molecule is CCC(C(=O)N(CCc1ccccc1)C(C)c1nc2ccccc2c(=O)n1CCCC(=O)OC)c1ccccc1. The quantitative estimate of drug-likeness (QED) is 0.217. The van der Waals surface area contributed by atoms with E-state index in [1.165, 1.54) is 7.11 Å². The summed E-state index contributed by atoms with van der Waals surface area (Å²) in [6, 6.07) is 26.7. The summed E-state index contributed by atoms with van der Waals surface area (Å²) >= 11 is 0. The summed E-state index contributed by atoms with van der Waals surface area (Å²) < 4.78 is 6.42. The first-order valence-electron chi connectivity index (χ1n) is 13.9. The molecule has 1 aromatic heterocycles. The van der Waals surface area contributed by atoms with Gasteiger partial charge in [0.2, 0.25) is 5.91 Å². The van der Waals surface area contributed by atoms with Gasteiger partial charge in [0.25, 0.3) is 5.56 Å². The number of para-hydroxylation sites is 1. The van der Waals surface area contributed by atoms with Crippen molar-refractivity contribution >= 4 is 22.8 Å². The van der Waals surface area contributed by atoms with Crippen molar-refractivity contribution in [1.82, 2.24) is 14.5 Å². The number of hydrogen-bond donors (Lipinski definition) is 0. The van der Waals surface area contributed by atoms with Gasteiger partial charge in [0.15, 0.2) is 0 Å². The summed E-state index contributed by atoms with van der Waals surface area (Å²) in [7, 11) is 1.35. The molecule has 40 heavy (non-hydrogen) atoms. The van der Waals surface area contributed by atoms with E-state index in [4.69, 9.17) is 9.72 Å². The van der Waals surface area contributed by atoms with Gasteiger partial charge in [-0.3, -0.25) is 19.0 Å². The Morgan fingerprint density at radius 1 is 0.950 bits per heavy atom. The first-order chi connectivity index (χ1) is 19.4. The molecule has 0 saturated heterocycles. The highest BCUT2D eigenvalue weighted by molar-refractivity contribution is 5.84. The zero-order valence-electron chi connectivity index (χ0n) is 23.5. The third-order valence-electron chi connectivity index (χ3n) is 7.40. The largest absolute Gasteiger partial charge is 0.469 e. The minimum atomic E-state index is -0.482. The van der Waals surface area contributed by atoms with Crippen LogP contribution in [0.1, 0.15) is 62.0 Å². The number of hydrogen-bond acceptors (Lipinski definition) is 5. The molecule has 208 valence electrons. The van der Waals surface area contributed by atoms with Crippen LogP contribution in [0, 0.1) is 0 Å². The molecule has 0 aliphatic rings. The molecule has 3 aromatic carbocycles. The minimum absolute atomic E-state index is 0.000601. The highest BCUT2D eigenvalue weighted by atomic mass is 16.5. The molecule has 0 aliphatic carbocycles. The number of fused-ring (bicyclic) bond motifs is 1. The number of aromatic nitrogens is 2. The number of ether oxygens (including phenoxy) is 1. The van der Waals surface area contributed by atoms with Crippen LogP contribution < -0.4 is 5.56 Å². The van der Waals surface area contributed by atoms with Gasteiger partial charge in [0.1, 0.15) is 5.82 Å². The van der Waals surface area contributed by atoms with Crippen LogP contribution in [0.3, 0.4) is 0 Å². The first-order valence-corrected chi connectivity index (χ1v) is 13.9.